The number of hydrogen-bond acceptors (Lipinski definition) is 4. The maximum atomic E-state index is 5.98. The molecule has 1 unspecified atom stereocenters. The van der Waals surface area contributed by atoms with Crippen molar-refractivity contribution in [2.45, 2.75) is 18.9 Å². The van der Waals surface area contributed by atoms with Crippen LogP contribution in [-0.4, -0.2) is 11.0 Å². The van der Waals surface area contributed by atoms with Crippen molar-refractivity contribution in [3.8, 4) is 0 Å². The number of nitrogen functional groups attached to an aromatic ring is 1. The number of aromatic nitrogens is 1. The predicted octanol–water partition coefficient (Wildman–Crippen LogP) is 1.93. The monoisotopic (exact) mass is 276 g/mol. The van der Waals surface area contributed by atoms with E-state index in [9.17, 15) is 0 Å². The van der Waals surface area contributed by atoms with Crippen LogP contribution in [0.2, 0.25) is 5.02 Å². The first kappa shape index (κ1) is 13.8. The van der Waals surface area contributed by atoms with E-state index in [0.717, 1.165) is 29.0 Å². The summed E-state index contributed by atoms with van der Waals surface area (Å²) >= 11 is 5.98. The van der Waals surface area contributed by atoms with Gasteiger partial charge in [0.15, 0.2) is 0 Å². The molecule has 100 valence electrons. The molecule has 0 spiro atoms. The molecule has 0 saturated carbocycles. The summed E-state index contributed by atoms with van der Waals surface area (Å²) in [7, 11) is 0. The number of rotatable bonds is 5. The Bertz CT molecular complexity index is 497. The lowest BCUT2D eigenvalue weighted by atomic mass is 10.00. The van der Waals surface area contributed by atoms with Crippen molar-refractivity contribution in [3.05, 3.63) is 58.7 Å². The minimum absolute atomic E-state index is 0.125. The molecule has 19 heavy (non-hydrogen) atoms. The summed E-state index contributed by atoms with van der Waals surface area (Å²) in [4.78, 5) is 3.98. The van der Waals surface area contributed by atoms with E-state index < -0.39 is 0 Å². The summed E-state index contributed by atoms with van der Waals surface area (Å²) in [5.74, 6) is 6.14. The van der Waals surface area contributed by atoms with Crippen LogP contribution in [0.25, 0.3) is 0 Å². The van der Waals surface area contributed by atoms with Crippen LogP contribution in [0.1, 0.15) is 11.1 Å². The highest BCUT2D eigenvalue weighted by Gasteiger charge is 2.09. The molecule has 4 nitrogen and oxygen atoms in total. The minimum atomic E-state index is 0.125. The minimum Gasteiger partial charge on any atom is -0.384 e. The topological polar surface area (TPSA) is 77.0 Å². The van der Waals surface area contributed by atoms with E-state index in [1.807, 2.05) is 36.4 Å². The van der Waals surface area contributed by atoms with Crippen molar-refractivity contribution in [2.24, 2.45) is 5.84 Å². The van der Waals surface area contributed by atoms with Gasteiger partial charge in [0.25, 0.3) is 0 Å². The van der Waals surface area contributed by atoms with E-state index in [4.69, 9.17) is 23.2 Å². The van der Waals surface area contributed by atoms with Crippen molar-refractivity contribution in [1.29, 1.82) is 0 Å². The molecule has 5 N–H and O–H groups in total. The smallest absolute Gasteiger partial charge is 0.123 e. The molecular formula is C14H17ClN4. The maximum absolute atomic E-state index is 5.98. The predicted molar refractivity (Wildman–Crippen MR) is 78.6 cm³/mol. The Morgan fingerprint density at radius 3 is 2.53 bits per heavy atom. The first-order valence-corrected chi connectivity index (χ1v) is 6.46. The first-order chi connectivity index (χ1) is 9.17. The van der Waals surface area contributed by atoms with Crippen molar-refractivity contribution < 1.29 is 0 Å². The summed E-state index contributed by atoms with van der Waals surface area (Å²) in [6, 6.07) is 11.7. The van der Waals surface area contributed by atoms with Gasteiger partial charge in [-0.2, -0.15) is 0 Å². The Balaban J connectivity index is 2.04. The molecule has 1 aromatic heterocycles. The Morgan fingerprint density at radius 2 is 1.89 bits per heavy atom. The number of benzene rings is 1. The summed E-state index contributed by atoms with van der Waals surface area (Å²) in [5.41, 5.74) is 10.8. The van der Waals surface area contributed by atoms with E-state index in [2.05, 4.69) is 10.4 Å². The SMILES string of the molecule is NNC(Cc1cccc(Cl)c1)Cc1ccnc(N)c1. The molecule has 1 atom stereocenters. The van der Waals surface area contributed by atoms with Crippen LogP contribution < -0.4 is 17.0 Å². The normalized spacial score (nSPS) is 12.3. The lowest BCUT2D eigenvalue weighted by molar-refractivity contribution is 0.522. The molecule has 1 heterocycles. The average molecular weight is 277 g/mol. The van der Waals surface area contributed by atoms with Gasteiger partial charge >= 0.3 is 0 Å². The van der Waals surface area contributed by atoms with Crippen LogP contribution in [0.15, 0.2) is 42.6 Å². The lowest BCUT2D eigenvalue weighted by Crippen LogP contribution is -2.38. The van der Waals surface area contributed by atoms with E-state index in [1.165, 1.54) is 0 Å². The zero-order chi connectivity index (χ0) is 13.7. The number of nitrogens with two attached hydrogens (primary N) is 2. The van der Waals surface area contributed by atoms with Crippen molar-refractivity contribution in [2.75, 3.05) is 5.73 Å². The van der Waals surface area contributed by atoms with Gasteiger partial charge in [-0.15, -0.1) is 0 Å². The summed E-state index contributed by atoms with van der Waals surface area (Å²) in [6.45, 7) is 0. The average Bonchev–Trinajstić information content (AvgIpc) is 2.38. The Kier molecular flexibility index (Phi) is 4.74. The molecule has 2 aromatic rings. The van der Waals surface area contributed by atoms with E-state index >= 15 is 0 Å². The molecule has 0 aliphatic rings. The molecule has 2 rings (SSSR count). The Morgan fingerprint density at radius 1 is 1.16 bits per heavy atom. The molecule has 0 radical (unpaired) electrons. The summed E-state index contributed by atoms with van der Waals surface area (Å²) < 4.78 is 0. The highest BCUT2D eigenvalue weighted by molar-refractivity contribution is 6.30. The Hall–Kier alpha value is -1.62. The van der Waals surface area contributed by atoms with Crippen LogP contribution in [0, 0.1) is 0 Å². The second-order valence-corrected chi connectivity index (χ2v) is 4.93. The Labute approximate surface area is 117 Å². The highest BCUT2D eigenvalue weighted by atomic mass is 35.5. The van der Waals surface area contributed by atoms with Gasteiger partial charge in [-0.3, -0.25) is 11.3 Å². The van der Waals surface area contributed by atoms with Crippen molar-refractivity contribution >= 4 is 17.4 Å². The van der Waals surface area contributed by atoms with Crippen LogP contribution in [0.3, 0.4) is 0 Å². The third kappa shape index (κ3) is 4.21. The number of nitrogens with zero attached hydrogens (tertiary/aromatic N) is 1. The fraction of sp³-hybridized carbons (Fsp3) is 0.214. The van der Waals surface area contributed by atoms with Gasteiger partial charge in [0, 0.05) is 17.3 Å². The third-order valence-electron chi connectivity index (χ3n) is 2.93. The van der Waals surface area contributed by atoms with Gasteiger partial charge in [-0.1, -0.05) is 23.7 Å². The lowest BCUT2D eigenvalue weighted by Gasteiger charge is -2.16. The standard InChI is InChI=1S/C14H17ClN4/c15-12-3-1-2-10(6-12)7-13(19-17)8-11-4-5-18-14(16)9-11/h1-6,9,13,19H,7-8,17H2,(H2,16,18). The van der Waals surface area contributed by atoms with Crippen LogP contribution in [0.4, 0.5) is 5.82 Å². The first-order valence-electron chi connectivity index (χ1n) is 6.08. The van der Waals surface area contributed by atoms with Crippen LogP contribution in [-0.2, 0) is 12.8 Å². The van der Waals surface area contributed by atoms with Gasteiger partial charge in [0.2, 0.25) is 0 Å². The quantitative estimate of drug-likeness (QED) is 0.576. The van der Waals surface area contributed by atoms with E-state index in [0.29, 0.717) is 5.82 Å². The van der Waals surface area contributed by atoms with Gasteiger partial charge in [0.1, 0.15) is 5.82 Å². The molecule has 0 aliphatic heterocycles. The zero-order valence-electron chi connectivity index (χ0n) is 10.5. The van der Waals surface area contributed by atoms with Gasteiger partial charge in [-0.05, 0) is 48.2 Å². The molecular weight excluding hydrogens is 260 g/mol. The second kappa shape index (κ2) is 6.52. The molecule has 0 bridgehead atoms. The molecule has 1 aromatic carbocycles. The van der Waals surface area contributed by atoms with Crippen molar-refractivity contribution in [3.63, 3.8) is 0 Å². The van der Waals surface area contributed by atoms with Crippen molar-refractivity contribution in [1.82, 2.24) is 10.4 Å². The number of halogens is 1. The maximum Gasteiger partial charge on any atom is 0.123 e. The molecule has 5 heteroatoms. The summed E-state index contributed by atoms with van der Waals surface area (Å²) in [5, 5.41) is 0.737. The largest absolute Gasteiger partial charge is 0.384 e. The number of pyridine rings is 1. The van der Waals surface area contributed by atoms with Gasteiger partial charge < -0.3 is 5.73 Å². The second-order valence-electron chi connectivity index (χ2n) is 4.49. The van der Waals surface area contributed by atoms with Gasteiger partial charge in [0.05, 0.1) is 0 Å². The highest BCUT2D eigenvalue weighted by Crippen LogP contribution is 2.14. The number of hydrazine groups is 1. The fourth-order valence-corrected chi connectivity index (χ4v) is 2.26. The molecule has 0 saturated heterocycles. The zero-order valence-corrected chi connectivity index (χ0v) is 11.3. The van der Waals surface area contributed by atoms with Crippen LogP contribution >= 0.6 is 11.6 Å². The number of nitrogens with one attached hydrogen (secondary N) is 1. The van der Waals surface area contributed by atoms with E-state index in [1.54, 1.807) is 6.20 Å². The number of anilines is 1. The fourth-order valence-electron chi connectivity index (χ4n) is 2.04. The van der Waals surface area contributed by atoms with E-state index in [-0.39, 0.29) is 6.04 Å². The molecule has 0 aliphatic carbocycles. The molecule has 0 amide bonds. The number of hydrogen-bond donors (Lipinski definition) is 3. The van der Waals surface area contributed by atoms with Crippen LogP contribution in [0.5, 0.6) is 0 Å². The molecule has 0 fully saturated rings. The van der Waals surface area contributed by atoms with Gasteiger partial charge in [-0.25, -0.2) is 4.98 Å². The summed E-state index contributed by atoms with van der Waals surface area (Å²) in [6.07, 6.45) is 3.30. The third-order valence-corrected chi connectivity index (χ3v) is 3.17.